The fourth-order valence-corrected chi connectivity index (χ4v) is 3.92. The van der Waals surface area contributed by atoms with Crippen LogP contribution in [0.5, 0.6) is 5.75 Å². The van der Waals surface area contributed by atoms with Crippen LogP contribution in [0, 0.1) is 0 Å². The van der Waals surface area contributed by atoms with E-state index in [0.29, 0.717) is 11.3 Å². The minimum absolute atomic E-state index is 0.00963. The molecule has 0 aliphatic carbocycles. The predicted octanol–water partition coefficient (Wildman–Crippen LogP) is 2.05. The first kappa shape index (κ1) is 22.8. The van der Waals surface area contributed by atoms with Crippen LogP contribution in [-0.2, 0) is 21.4 Å². The third-order valence-corrected chi connectivity index (χ3v) is 6.08. The number of para-hydroxylation sites is 1. The Kier molecular flexibility index (Phi) is 7.64. The molecule has 2 aromatic carbocycles. The molecule has 0 aromatic heterocycles. The molecule has 9 heteroatoms. The van der Waals surface area contributed by atoms with Crippen molar-refractivity contribution in [3.8, 4) is 5.75 Å². The second-order valence-electron chi connectivity index (χ2n) is 7.45. The van der Waals surface area contributed by atoms with E-state index in [9.17, 15) is 18.0 Å². The van der Waals surface area contributed by atoms with Gasteiger partial charge in [-0.2, -0.15) is 0 Å². The van der Waals surface area contributed by atoms with E-state index < -0.39 is 10.0 Å². The highest BCUT2D eigenvalue weighted by Crippen LogP contribution is 2.19. The molecule has 0 spiro atoms. The Bertz CT molecular complexity index is 1010. The van der Waals surface area contributed by atoms with Crippen molar-refractivity contribution in [1.29, 1.82) is 0 Å². The number of rotatable bonds is 7. The summed E-state index contributed by atoms with van der Waals surface area (Å²) < 4.78 is 28.3. The summed E-state index contributed by atoms with van der Waals surface area (Å²) in [5, 5.41) is 7.87. The molecule has 1 aliphatic heterocycles. The molecular formula is C22H27N3O5S. The second-order valence-corrected chi connectivity index (χ2v) is 9.01. The number of carbonyl (C=O) groups is 2. The number of nitrogens with zero attached hydrogens (tertiary/aromatic N) is 1. The minimum Gasteiger partial charge on any atom is -0.483 e. The molecule has 3 N–H and O–H groups in total. The summed E-state index contributed by atoms with van der Waals surface area (Å²) in [7, 11) is -3.76. The highest BCUT2D eigenvalue weighted by atomic mass is 32.2. The van der Waals surface area contributed by atoms with Gasteiger partial charge in [-0.3, -0.25) is 9.59 Å². The fraction of sp³-hybridized carbons (Fsp3) is 0.364. The largest absolute Gasteiger partial charge is 0.483 e. The van der Waals surface area contributed by atoms with E-state index in [2.05, 4.69) is 5.32 Å². The maximum absolute atomic E-state index is 12.7. The molecule has 1 heterocycles. The average molecular weight is 446 g/mol. The van der Waals surface area contributed by atoms with Crippen LogP contribution in [0.3, 0.4) is 0 Å². The van der Waals surface area contributed by atoms with Gasteiger partial charge in [0.05, 0.1) is 10.5 Å². The van der Waals surface area contributed by atoms with Gasteiger partial charge in [-0.1, -0.05) is 37.1 Å². The molecule has 2 aromatic rings. The Labute approximate surface area is 182 Å². The first-order chi connectivity index (χ1) is 14.8. The Morgan fingerprint density at radius 1 is 0.968 bits per heavy atom. The van der Waals surface area contributed by atoms with Gasteiger partial charge in [0, 0.05) is 19.6 Å². The molecule has 8 nitrogen and oxygen atoms in total. The molecule has 0 radical (unpaired) electrons. The summed E-state index contributed by atoms with van der Waals surface area (Å²) in [5.41, 5.74) is 1.04. The van der Waals surface area contributed by atoms with Gasteiger partial charge < -0.3 is 15.0 Å². The summed E-state index contributed by atoms with van der Waals surface area (Å²) >= 11 is 0. The summed E-state index contributed by atoms with van der Waals surface area (Å²) in [6, 6.07) is 12.7. The Balaban J connectivity index is 1.58. The molecule has 0 saturated carbocycles. The zero-order chi connectivity index (χ0) is 22.3. The highest BCUT2D eigenvalue weighted by Gasteiger charge is 2.18. The number of carbonyl (C=O) groups excluding carboxylic acids is 2. The Hall–Kier alpha value is -2.91. The lowest BCUT2D eigenvalue weighted by Gasteiger charge is -2.20. The van der Waals surface area contributed by atoms with Gasteiger partial charge in [-0.05, 0) is 42.7 Å². The molecular weight excluding hydrogens is 418 g/mol. The molecule has 31 heavy (non-hydrogen) atoms. The van der Waals surface area contributed by atoms with Crippen molar-refractivity contribution >= 4 is 21.8 Å². The Morgan fingerprint density at radius 2 is 1.61 bits per heavy atom. The van der Waals surface area contributed by atoms with Gasteiger partial charge in [-0.15, -0.1) is 0 Å². The summed E-state index contributed by atoms with van der Waals surface area (Å²) in [4.78, 5) is 26.9. The van der Waals surface area contributed by atoms with Gasteiger partial charge in [0.15, 0.2) is 6.61 Å². The van der Waals surface area contributed by atoms with Crippen LogP contribution in [-0.4, -0.2) is 44.8 Å². The number of hydrogen-bond donors (Lipinski definition) is 2. The lowest BCUT2D eigenvalue weighted by molar-refractivity contribution is -0.133. The van der Waals surface area contributed by atoms with Crippen LogP contribution < -0.4 is 15.2 Å². The molecule has 1 aliphatic rings. The van der Waals surface area contributed by atoms with E-state index in [1.165, 1.54) is 12.1 Å². The maximum atomic E-state index is 12.7. The van der Waals surface area contributed by atoms with Gasteiger partial charge in [0.25, 0.3) is 11.8 Å². The number of ether oxygens (including phenoxy) is 1. The number of benzene rings is 2. The van der Waals surface area contributed by atoms with E-state index in [-0.39, 0.29) is 29.9 Å². The molecule has 0 atom stereocenters. The van der Waals surface area contributed by atoms with Gasteiger partial charge in [0.2, 0.25) is 10.0 Å². The molecule has 166 valence electrons. The van der Waals surface area contributed by atoms with E-state index in [4.69, 9.17) is 9.88 Å². The first-order valence-electron chi connectivity index (χ1n) is 10.2. The van der Waals surface area contributed by atoms with Gasteiger partial charge >= 0.3 is 0 Å². The van der Waals surface area contributed by atoms with Crippen molar-refractivity contribution in [1.82, 2.24) is 10.2 Å². The van der Waals surface area contributed by atoms with Crippen molar-refractivity contribution in [2.24, 2.45) is 5.14 Å². The molecule has 1 fully saturated rings. The van der Waals surface area contributed by atoms with Crippen LogP contribution in [0.4, 0.5) is 0 Å². The summed E-state index contributed by atoms with van der Waals surface area (Å²) in [5.74, 6) is -0.0897. The van der Waals surface area contributed by atoms with Crippen LogP contribution in [0.15, 0.2) is 53.4 Å². The van der Waals surface area contributed by atoms with Crippen LogP contribution >= 0.6 is 0 Å². The van der Waals surface area contributed by atoms with Gasteiger partial charge in [-0.25, -0.2) is 13.6 Å². The normalized spacial score (nSPS) is 14.5. The summed E-state index contributed by atoms with van der Waals surface area (Å²) in [6.07, 6.45) is 4.28. The number of sulfonamides is 1. The monoisotopic (exact) mass is 445 g/mol. The fourth-order valence-electron chi connectivity index (χ4n) is 3.41. The topological polar surface area (TPSA) is 119 Å². The number of hydrogen-bond acceptors (Lipinski definition) is 5. The zero-order valence-electron chi connectivity index (χ0n) is 17.2. The zero-order valence-corrected chi connectivity index (χ0v) is 18.1. The number of amides is 2. The molecule has 0 unspecified atom stereocenters. The standard InChI is InChI=1S/C22H27N3O5S/c23-31(28,29)18-11-9-17(10-12-18)15-24-22(27)19-7-3-4-8-20(19)30-16-21(26)25-13-5-1-2-6-14-25/h3-4,7-12H,1-2,5-6,13-16H2,(H,24,27)(H2,23,28,29). The second kappa shape index (κ2) is 10.4. The van der Waals surface area contributed by atoms with Crippen molar-refractivity contribution in [3.63, 3.8) is 0 Å². The van der Waals surface area contributed by atoms with Crippen LogP contribution in [0.2, 0.25) is 0 Å². The van der Waals surface area contributed by atoms with E-state index in [1.54, 1.807) is 36.4 Å². The lowest BCUT2D eigenvalue weighted by atomic mass is 10.1. The number of nitrogens with two attached hydrogens (primary N) is 1. The maximum Gasteiger partial charge on any atom is 0.260 e. The van der Waals surface area contributed by atoms with E-state index >= 15 is 0 Å². The third-order valence-electron chi connectivity index (χ3n) is 5.15. The SMILES string of the molecule is NS(=O)(=O)c1ccc(CNC(=O)c2ccccc2OCC(=O)N2CCCCCC2)cc1. The van der Waals surface area contributed by atoms with E-state index in [1.807, 2.05) is 4.90 Å². The third kappa shape index (κ3) is 6.53. The number of nitrogens with one attached hydrogen (secondary N) is 1. The molecule has 0 bridgehead atoms. The molecule has 3 rings (SSSR count). The van der Waals surface area contributed by atoms with Gasteiger partial charge in [0.1, 0.15) is 5.75 Å². The van der Waals surface area contributed by atoms with Crippen molar-refractivity contribution in [2.45, 2.75) is 37.1 Å². The Morgan fingerprint density at radius 3 is 2.26 bits per heavy atom. The predicted molar refractivity (Wildman–Crippen MR) is 116 cm³/mol. The van der Waals surface area contributed by atoms with Crippen molar-refractivity contribution in [2.75, 3.05) is 19.7 Å². The highest BCUT2D eigenvalue weighted by molar-refractivity contribution is 7.89. The quantitative estimate of drug-likeness (QED) is 0.676. The first-order valence-corrected chi connectivity index (χ1v) is 11.8. The summed E-state index contributed by atoms with van der Waals surface area (Å²) in [6.45, 7) is 1.58. The van der Waals surface area contributed by atoms with Crippen molar-refractivity contribution in [3.05, 3.63) is 59.7 Å². The van der Waals surface area contributed by atoms with Crippen LogP contribution in [0.1, 0.15) is 41.6 Å². The average Bonchev–Trinajstić information content (AvgIpc) is 3.05. The van der Waals surface area contributed by atoms with Crippen molar-refractivity contribution < 1.29 is 22.7 Å². The number of primary sulfonamides is 1. The minimum atomic E-state index is -3.76. The molecule has 1 saturated heterocycles. The van der Waals surface area contributed by atoms with E-state index in [0.717, 1.165) is 44.3 Å². The lowest BCUT2D eigenvalue weighted by Crippen LogP contribution is -2.35. The number of likely N-dealkylation sites (tertiary alicyclic amines) is 1. The molecule has 2 amide bonds. The smallest absolute Gasteiger partial charge is 0.260 e. The van der Waals surface area contributed by atoms with Crippen LogP contribution in [0.25, 0.3) is 0 Å².